The molecule has 0 bridgehead atoms. The summed E-state index contributed by atoms with van der Waals surface area (Å²) in [6, 6.07) is 2.29. The van der Waals surface area contributed by atoms with Crippen LogP contribution in [0, 0.1) is 11.3 Å². The molecule has 2 saturated carbocycles. The molecule has 2 fully saturated rings. The maximum Gasteiger partial charge on any atom is 0.0192 e. The molecule has 0 amide bonds. The van der Waals surface area contributed by atoms with Crippen molar-refractivity contribution < 1.29 is 0 Å². The van der Waals surface area contributed by atoms with Gasteiger partial charge in [-0.3, -0.25) is 4.90 Å². The van der Waals surface area contributed by atoms with E-state index in [1.54, 1.807) is 0 Å². The Balaban J connectivity index is 1.75. The van der Waals surface area contributed by atoms with Gasteiger partial charge in [-0.05, 0) is 57.4 Å². The molecule has 3 atom stereocenters. The minimum absolute atomic E-state index is 0.529. The first kappa shape index (κ1) is 14.3. The van der Waals surface area contributed by atoms with Gasteiger partial charge in [0, 0.05) is 24.7 Å². The summed E-state index contributed by atoms with van der Waals surface area (Å²) in [6.07, 6.45) is 6.92. The summed E-state index contributed by atoms with van der Waals surface area (Å²) < 4.78 is 0. The van der Waals surface area contributed by atoms with E-state index in [0.717, 1.165) is 24.5 Å². The maximum atomic E-state index is 3.83. The minimum atomic E-state index is 0.529. The SMILES string of the molecule is CC1CC(NCC(C)N(C)C2CC2)CC(C)(C)C1. The summed E-state index contributed by atoms with van der Waals surface area (Å²) in [5, 5.41) is 3.83. The second kappa shape index (κ2) is 5.50. The lowest BCUT2D eigenvalue weighted by molar-refractivity contribution is 0.142. The van der Waals surface area contributed by atoms with E-state index in [-0.39, 0.29) is 0 Å². The second-order valence-electron chi connectivity index (χ2n) is 7.76. The predicted octanol–water partition coefficient (Wildman–Crippen LogP) is 3.27. The number of likely N-dealkylation sites (N-methyl/N-ethyl adjacent to an activating group) is 1. The number of rotatable bonds is 5. The molecular weight excluding hydrogens is 220 g/mol. The first-order valence-electron chi connectivity index (χ1n) is 7.83. The monoisotopic (exact) mass is 252 g/mol. The number of nitrogens with zero attached hydrogens (tertiary/aromatic N) is 1. The molecule has 0 aromatic heterocycles. The normalized spacial score (nSPS) is 33.7. The topological polar surface area (TPSA) is 15.3 Å². The molecule has 18 heavy (non-hydrogen) atoms. The van der Waals surface area contributed by atoms with Crippen molar-refractivity contribution in [1.82, 2.24) is 10.2 Å². The number of nitrogens with one attached hydrogen (secondary N) is 1. The third-order valence-electron chi connectivity index (χ3n) is 4.91. The Morgan fingerprint density at radius 3 is 2.50 bits per heavy atom. The molecule has 0 aromatic carbocycles. The molecule has 2 aliphatic carbocycles. The summed E-state index contributed by atoms with van der Waals surface area (Å²) in [4.78, 5) is 2.56. The highest BCUT2D eigenvalue weighted by Gasteiger charge is 2.33. The van der Waals surface area contributed by atoms with Crippen LogP contribution in [0.4, 0.5) is 0 Å². The van der Waals surface area contributed by atoms with E-state index < -0.39 is 0 Å². The van der Waals surface area contributed by atoms with Crippen LogP contribution >= 0.6 is 0 Å². The molecule has 0 aromatic rings. The quantitative estimate of drug-likeness (QED) is 0.808. The summed E-state index contributed by atoms with van der Waals surface area (Å²) >= 11 is 0. The smallest absolute Gasteiger partial charge is 0.0192 e. The van der Waals surface area contributed by atoms with Crippen LogP contribution in [0.3, 0.4) is 0 Å². The fraction of sp³-hybridized carbons (Fsp3) is 1.00. The fourth-order valence-corrected chi connectivity index (χ4v) is 3.82. The van der Waals surface area contributed by atoms with Crippen LogP contribution in [-0.2, 0) is 0 Å². The zero-order chi connectivity index (χ0) is 13.3. The van der Waals surface area contributed by atoms with E-state index in [0.29, 0.717) is 11.5 Å². The second-order valence-corrected chi connectivity index (χ2v) is 7.76. The lowest BCUT2D eigenvalue weighted by Gasteiger charge is -2.40. The summed E-state index contributed by atoms with van der Waals surface area (Å²) in [5.74, 6) is 0.878. The van der Waals surface area contributed by atoms with Crippen molar-refractivity contribution in [3.8, 4) is 0 Å². The van der Waals surface area contributed by atoms with E-state index >= 15 is 0 Å². The van der Waals surface area contributed by atoms with Gasteiger partial charge in [-0.25, -0.2) is 0 Å². The summed E-state index contributed by atoms with van der Waals surface area (Å²) in [6.45, 7) is 10.8. The minimum Gasteiger partial charge on any atom is -0.312 e. The van der Waals surface area contributed by atoms with E-state index in [1.165, 1.54) is 32.1 Å². The summed E-state index contributed by atoms with van der Waals surface area (Å²) in [7, 11) is 2.29. The van der Waals surface area contributed by atoms with Gasteiger partial charge in [-0.15, -0.1) is 0 Å². The van der Waals surface area contributed by atoms with Gasteiger partial charge in [0.05, 0.1) is 0 Å². The van der Waals surface area contributed by atoms with Crippen molar-refractivity contribution in [2.24, 2.45) is 11.3 Å². The first-order chi connectivity index (χ1) is 8.37. The van der Waals surface area contributed by atoms with Gasteiger partial charge in [-0.2, -0.15) is 0 Å². The molecule has 0 radical (unpaired) electrons. The van der Waals surface area contributed by atoms with Crippen LogP contribution in [-0.4, -0.2) is 36.6 Å². The van der Waals surface area contributed by atoms with E-state index in [2.05, 4.69) is 45.0 Å². The van der Waals surface area contributed by atoms with Crippen molar-refractivity contribution in [3.05, 3.63) is 0 Å². The van der Waals surface area contributed by atoms with Gasteiger partial charge in [-0.1, -0.05) is 20.8 Å². The van der Waals surface area contributed by atoms with Gasteiger partial charge in [0.2, 0.25) is 0 Å². The van der Waals surface area contributed by atoms with Crippen LogP contribution in [0.1, 0.15) is 59.8 Å². The average Bonchev–Trinajstić information content (AvgIpc) is 3.05. The Hall–Kier alpha value is -0.0800. The zero-order valence-corrected chi connectivity index (χ0v) is 13.0. The molecule has 2 nitrogen and oxygen atoms in total. The van der Waals surface area contributed by atoms with Gasteiger partial charge in [0.15, 0.2) is 0 Å². The van der Waals surface area contributed by atoms with E-state index in [4.69, 9.17) is 0 Å². The van der Waals surface area contributed by atoms with Crippen LogP contribution < -0.4 is 5.32 Å². The van der Waals surface area contributed by atoms with Gasteiger partial charge in [0.1, 0.15) is 0 Å². The Morgan fingerprint density at radius 2 is 1.94 bits per heavy atom. The van der Waals surface area contributed by atoms with Gasteiger partial charge >= 0.3 is 0 Å². The van der Waals surface area contributed by atoms with Crippen molar-refractivity contribution >= 4 is 0 Å². The number of hydrogen-bond acceptors (Lipinski definition) is 2. The average molecular weight is 252 g/mol. The molecule has 2 aliphatic rings. The Bertz CT molecular complexity index is 270. The van der Waals surface area contributed by atoms with Crippen LogP contribution in [0.5, 0.6) is 0 Å². The highest BCUT2D eigenvalue weighted by atomic mass is 15.2. The van der Waals surface area contributed by atoms with Crippen molar-refractivity contribution in [2.75, 3.05) is 13.6 Å². The molecule has 2 rings (SSSR count). The van der Waals surface area contributed by atoms with Crippen molar-refractivity contribution in [2.45, 2.75) is 77.9 Å². The molecule has 0 spiro atoms. The van der Waals surface area contributed by atoms with Crippen molar-refractivity contribution in [1.29, 1.82) is 0 Å². The lowest BCUT2D eigenvalue weighted by atomic mass is 9.70. The van der Waals surface area contributed by atoms with E-state index in [9.17, 15) is 0 Å². The maximum absolute atomic E-state index is 3.83. The Morgan fingerprint density at radius 1 is 1.28 bits per heavy atom. The van der Waals surface area contributed by atoms with Gasteiger partial charge < -0.3 is 5.32 Å². The fourth-order valence-electron chi connectivity index (χ4n) is 3.82. The molecule has 1 N–H and O–H groups in total. The summed E-state index contributed by atoms with van der Waals surface area (Å²) in [5.41, 5.74) is 0.529. The first-order valence-corrected chi connectivity index (χ1v) is 7.83. The molecule has 3 unspecified atom stereocenters. The molecule has 106 valence electrons. The van der Waals surface area contributed by atoms with Crippen molar-refractivity contribution in [3.63, 3.8) is 0 Å². The molecule has 2 heteroatoms. The predicted molar refractivity (Wildman–Crippen MR) is 78.8 cm³/mol. The Kier molecular flexibility index (Phi) is 4.38. The van der Waals surface area contributed by atoms with E-state index in [1.807, 2.05) is 0 Å². The highest BCUT2D eigenvalue weighted by molar-refractivity contribution is 4.89. The lowest BCUT2D eigenvalue weighted by Crippen LogP contribution is -2.46. The molecular formula is C16H32N2. The molecule has 0 heterocycles. The third kappa shape index (κ3) is 3.96. The highest BCUT2D eigenvalue weighted by Crippen LogP contribution is 2.38. The largest absolute Gasteiger partial charge is 0.312 e. The third-order valence-corrected chi connectivity index (χ3v) is 4.91. The van der Waals surface area contributed by atoms with Crippen LogP contribution in [0.25, 0.3) is 0 Å². The molecule has 0 saturated heterocycles. The van der Waals surface area contributed by atoms with Crippen LogP contribution in [0.2, 0.25) is 0 Å². The zero-order valence-electron chi connectivity index (χ0n) is 13.0. The number of hydrogen-bond donors (Lipinski definition) is 1. The standard InChI is InChI=1S/C16H32N2/c1-12-8-14(10-16(3,4)9-12)17-11-13(2)18(5)15-6-7-15/h12-15,17H,6-11H2,1-5H3. The molecule has 0 aliphatic heterocycles. The Labute approximate surface area is 114 Å². The van der Waals surface area contributed by atoms with Gasteiger partial charge in [0.25, 0.3) is 0 Å². The van der Waals surface area contributed by atoms with Crippen LogP contribution in [0.15, 0.2) is 0 Å².